The van der Waals surface area contributed by atoms with Crippen molar-refractivity contribution >= 4 is 0 Å². The highest BCUT2D eigenvalue weighted by molar-refractivity contribution is 5.44. The minimum atomic E-state index is -0.438. The van der Waals surface area contributed by atoms with E-state index in [4.69, 9.17) is 10.4 Å². The standard InChI is InChI=1S/C9H8FNO/c1-2-6-4-9(12)7(5-11)3-8(6)10/h3-4,12H,2H2,1H3. The molecule has 0 saturated carbocycles. The lowest BCUT2D eigenvalue weighted by atomic mass is 10.1. The number of rotatable bonds is 1. The van der Waals surface area contributed by atoms with Crippen molar-refractivity contribution in [2.24, 2.45) is 0 Å². The van der Waals surface area contributed by atoms with Crippen LogP contribution in [0.4, 0.5) is 4.39 Å². The molecule has 0 aromatic heterocycles. The number of aryl methyl sites for hydroxylation is 1. The highest BCUT2D eigenvalue weighted by Crippen LogP contribution is 2.20. The molecule has 2 nitrogen and oxygen atoms in total. The fourth-order valence-corrected chi connectivity index (χ4v) is 0.966. The van der Waals surface area contributed by atoms with E-state index in [1.807, 2.05) is 0 Å². The van der Waals surface area contributed by atoms with Crippen LogP contribution in [0, 0.1) is 17.1 Å². The molecular formula is C9H8FNO. The highest BCUT2D eigenvalue weighted by Gasteiger charge is 2.06. The van der Waals surface area contributed by atoms with Gasteiger partial charge in [0.25, 0.3) is 0 Å². The van der Waals surface area contributed by atoms with Crippen LogP contribution in [-0.2, 0) is 6.42 Å². The van der Waals surface area contributed by atoms with Crippen molar-refractivity contribution in [3.05, 3.63) is 29.1 Å². The van der Waals surface area contributed by atoms with E-state index in [-0.39, 0.29) is 11.3 Å². The molecule has 3 heteroatoms. The summed E-state index contributed by atoms with van der Waals surface area (Å²) in [4.78, 5) is 0. The van der Waals surface area contributed by atoms with Gasteiger partial charge < -0.3 is 5.11 Å². The molecule has 0 unspecified atom stereocenters. The summed E-state index contributed by atoms with van der Waals surface area (Å²) >= 11 is 0. The van der Waals surface area contributed by atoms with Gasteiger partial charge in [0.05, 0.1) is 5.56 Å². The molecule has 0 aliphatic carbocycles. The van der Waals surface area contributed by atoms with Gasteiger partial charge in [0, 0.05) is 0 Å². The van der Waals surface area contributed by atoms with Crippen molar-refractivity contribution in [1.29, 1.82) is 5.26 Å². The maximum Gasteiger partial charge on any atom is 0.133 e. The van der Waals surface area contributed by atoms with Crippen molar-refractivity contribution < 1.29 is 9.50 Å². The van der Waals surface area contributed by atoms with E-state index >= 15 is 0 Å². The minimum absolute atomic E-state index is 0.0234. The van der Waals surface area contributed by atoms with Gasteiger partial charge in [-0.3, -0.25) is 0 Å². The monoisotopic (exact) mass is 165 g/mol. The number of benzene rings is 1. The van der Waals surface area contributed by atoms with Gasteiger partial charge in [0.2, 0.25) is 0 Å². The lowest BCUT2D eigenvalue weighted by molar-refractivity contribution is 0.469. The number of hydrogen-bond acceptors (Lipinski definition) is 2. The van der Waals surface area contributed by atoms with E-state index in [9.17, 15) is 4.39 Å². The zero-order chi connectivity index (χ0) is 9.14. The third kappa shape index (κ3) is 1.37. The molecule has 1 aromatic rings. The number of phenols is 1. The van der Waals surface area contributed by atoms with Crippen molar-refractivity contribution in [3.8, 4) is 11.8 Å². The largest absolute Gasteiger partial charge is 0.507 e. The molecule has 0 saturated heterocycles. The van der Waals surface area contributed by atoms with Crippen LogP contribution < -0.4 is 0 Å². The second kappa shape index (κ2) is 3.22. The summed E-state index contributed by atoms with van der Waals surface area (Å²) < 4.78 is 13.0. The average molecular weight is 165 g/mol. The van der Waals surface area contributed by atoms with Gasteiger partial charge in [-0.2, -0.15) is 5.26 Å². The van der Waals surface area contributed by atoms with Crippen LogP contribution in [0.25, 0.3) is 0 Å². The van der Waals surface area contributed by atoms with Crippen molar-refractivity contribution in [2.75, 3.05) is 0 Å². The summed E-state index contributed by atoms with van der Waals surface area (Å²) in [5.41, 5.74) is 0.399. The molecule has 0 aliphatic rings. The van der Waals surface area contributed by atoms with Crippen LogP contribution in [0.5, 0.6) is 5.75 Å². The van der Waals surface area contributed by atoms with Gasteiger partial charge in [0.1, 0.15) is 17.6 Å². The Morgan fingerprint density at radius 3 is 2.75 bits per heavy atom. The van der Waals surface area contributed by atoms with Gasteiger partial charge in [-0.15, -0.1) is 0 Å². The van der Waals surface area contributed by atoms with E-state index in [0.29, 0.717) is 12.0 Å². The van der Waals surface area contributed by atoms with Gasteiger partial charge in [-0.05, 0) is 24.1 Å². The lowest BCUT2D eigenvalue weighted by Gasteiger charge is -2.01. The van der Waals surface area contributed by atoms with E-state index in [1.165, 1.54) is 6.07 Å². The van der Waals surface area contributed by atoms with Gasteiger partial charge in [-0.1, -0.05) is 6.92 Å². The molecule has 0 aliphatic heterocycles. The van der Waals surface area contributed by atoms with Crippen LogP contribution in [-0.4, -0.2) is 5.11 Å². The van der Waals surface area contributed by atoms with Crippen LogP contribution in [0.2, 0.25) is 0 Å². The molecule has 12 heavy (non-hydrogen) atoms. The first kappa shape index (κ1) is 8.54. The molecule has 0 bridgehead atoms. The molecule has 1 aromatic carbocycles. The number of halogens is 1. The first-order chi connectivity index (χ1) is 5.69. The predicted octanol–water partition coefficient (Wildman–Crippen LogP) is 1.97. The Morgan fingerprint density at radius 1 is 1.58 bits per heavy atom. The molecule has 62 valence electrons. The third-order valence-corrected chi connectivity index (χ3v) is 1.67. The van der Waals surface area contributed by atoms with E-state index in [2.05, 4.69) is 0 Å². The smallest absolute Gasteiger partial charge is 0.133 e. The van der Waals surface area contributed by atoms with Crippen LogP contribution in [0.1, 0.15) is 18.1 Å². The highest BCUT2D eigenvalue weighted by atomic mass is 19.1. The quantitative estimate of drug-likeness (QED) is 0.691. The normalized spacial score (nSPS) is 9.42. The first-order valence-electron chi connectivity index (χ1n) is 3.60. The molecule has 1 N–H and O–H groups in total. The molecule has 0 heterocycles. The summed E-state index contributed by atoms with van der Waals surface area (Å²) in [6.45, 7) is 1.78. The third-order valence-electron chi connectivity index (χ3n) is 1.67. The van der Waals surface area contributed by atoms with Gasteiger partial charge in [-0.25, -0.2) is 4.39 Å². The van der Waals surface area contributed by atoms with E-state index < -0.39 is 5.82 Å². The molecular weight excluding hydrogens is 157 g/mol. The maximum atomic E-state index is 13.0. The van der Waals surface area contributed by atoms with Crippen molar-refractivity contribution in [3.63, 3.8) is 0 Å². The topological polar surface area (TPSA) is 44.0 Å². The molecule has 0 radical (unpaired) electrons. The molecule has 0 amide bonds. The minimum Gasteiger partial charge on any atom is -0.507 e. The Morgan fingerprint density at radius 2 is 2.25 bits per heavy atom. The zero-order valence-electron chi connectivity index (χ0n) is 6.63. The second-order valence-corrected chi connectivity index (χ2v) is 2.43. The summed E-state index contributed by atoms with van der Waals surface area (Å²) in [6, 6.07) is 4.03. The number of nitrogens with zero attached hydrogens (tertiary/aromatic N) is 1. The number of phenolic OH excluding ortho intramolecular Hbond substituents is 1. The lowest BCUT2D eigenvalue weighted by Crippen LogP contribution is -1.89. The number of nitriles is 1. The van der Waals surface area contributed by atoms with Gasteiger partial charge >= 0.3 is 0 Å². The fraction of sp³-hybridized carbons (Fsp3) is 0.222. The summed E-state index contributed by atoms with van der Waals surface area (Å²) in [7, 11) is 0. The summed E-state index contributed by atoms with van der Waals surface area (Å²) in [5, 5.41) is 17.6. The zero-order valence-corrected chi connectivity index (χ0v) is 6.63. The van der Waals surface area contributed by atoms with Crippen LogP contribution in [0.15, 0.2) is 12.1 Å². The Bertz CT molecular complexity index is 340. The maximum absolute atomic E-state index is 13.0. The average Bonchev–Trinajstić information content (AvgIpc) is 2.08. The number of aromatic hydroxyl groups is 1. The molecule has 0 fully saturated rings. The Labute approximate surface area is 69.9 Å². The molecule has 0 spiro atoms. The van der Waals surface area contributed by atoms with Crippen LogP contribution >= 0.6 is 0 Å². The summed E-state index contributed by atoms with van der Waals surface area (Å²) in [6.07, 6.45) is 0.505. The van der Waals surface area contributed by atoms with E-state index in [0.717, 1.165) is 6.07 Å². The molecule has 0 atom stereocenters. The molecule has 1 rings (SSSR count). The first-order valence-corrected chi connectivity index (χ1v) is 3.60. The predicted molar refractivity (Wildman–Crippen MR) is 42.2 cm³/mol. The Balaban J connectivity index is 3.28. The van der Waals surface area contributed by atoms with Crippen LogP contribution in [0.3, 0.4) is 0 Å². The second-order valence-electron chi connectivity index (χ2n) is 2.43. The Kier molecular flexibility index (Phi) is 2.29. The van der Waals surface area contributed by atoms with Crippen molar-refractivity contribution in [2.45, 2.75) is 13.3 Å². The van der Waals surface area contributed by atoms with E-state index in [1.54, 1.807) is 13.0 Å². The number of hydrogen-bond donors (Lipinski definition) is 1. The van der Waals surface area contributed by atoms with Gasteiger partial charge in [0.15, 0.2) is 0 Å². The Hall–Kier alpha value is -1.56. The summed E-state index contributed by atoms with van der Waals surface area (Å²) in [5.74, 6) is -0.595. The fourth-order valence-electron chi connectivity index (χ4n) is 0.966. The SMILES string of the molecule is CCc1cc(O)c(C#N)cc1F. The van der Waals surface area contributed by atoms with Crippen molar-refractivity contribution in [1.82, 2.24) is 0 Å².